The van der Waals surface area contributed by atoms with E-state index in [1.807, 2.05) is 12.1 Å². The van der Waals surface area contributed by atoms with Crippen LogP contribution in [0.5, 0.6) is 0 Å². The Balaban J connectivity index is 0.0000109. The number of allylic oxidation sites excluding steroid dienone is 1. The minimum atomic E-state index is -0.614. The van der Waals surface area contributed by atoms with Crippen molar-refractivity contribution in [3.8, 4) is 0 Å². The van der Waals surface area contributed by atoms with E-state index in [1.54, 1.807) is 0 Å². The molecule has 0 aliphatic heterocycles. The van der Waals surface area contributed by atoms with E-state index >= 15 is 0 Å². The standard InChI is InChI=1S/C29H53N2O2.BrH/c1-2-3-4-5-6-7-8-9-10-11-12-13-17-22-29(33)28(27-32)30-23-18-14-15-19-24-31-25-20-16-21-26-31;/h16-17,20-22,25-26,28-30,32-33H,2-15,18-19,23-24,27H2,1H3;1H/q+1;/p-1/b22-17+;/t28-,29-;/m0./s1. The number of rotatable bonds is 23. The molecule has 0 bridgehead atoms. The van der Waals surface area contributed by atoms with Crippen LogP contribution >= 0.6 is 0 Å². The quantitative estimate of drug-likeness (QED) is 0.113. The second-order valence-electron chi connectivity index (χ2n) is 9.51. The van der Waals surface area contributed by atoms with Crippen molar-refractivity contribution in [2.45, 2.75) is 128 Å². The minimum Gasteiger partial charge on any atom is -1.00 e. The fraction of sp³-hybridized carbons (Fsp3) is 0.759. The van der Waals surface area contributed by atoms with Gasteiger partial charge in [0.05, 0.1) is 18.8 Å². The topological polar surface area (TPSA) is 56.4 Å². The Morgan fingerprint density at radius 3 is 1.94 bits per heavy atom. The van der Waals surface area contributed by atoms with Crippen LogP contribution in [-0.4, -0.2) is 35.5 Å². The van der Waals surface area contributed by atoms with Crippen molar-refractivity contribution in [2.75, 3.05) is 13.2 Å². The van der Waals surface area contributed by atoms with Crippen molar-refractivity contribution in [1.29, 1.82) is 0 Å². The molecule has 1 rings (SSSR count). The lowest BCUT2D eigenvalue weighted by Crippen LogP contribution is -3.00. The van der Waals surface area contributed by atoms with E-state index < -0.39 is 6.10 Å². The van der Waals surface area contributed by atoms with Crippen molar-refractivity contribution in [3.05, 3.63) is 42.7 Å². The van der Waals surface area contributed by atoms with Crippen LogP contribution in [0.25, 0.3) is 0 Å². The molecule has 0 aliphatic rings. The third-order valence-electron chi connectivity index (χ3n) is 6.44. The van der Waals surface area contributed by atoms with Gasteiger partial charge < -0.3 is 32.5 Å². The normalized spacial score (nSPS) is 13.1. The molecule has 2 atom stereocenters. The summed E-state index contributed by atoms with van der Waals surface area (Å²) in [5.41, 5.74) is 0. The molecule has 0 radical (unpaired) electrons. The number of hydrogen-bond donors (Lipinski definition) is 3. The lowest BCUT2D eigenvalue weighted by atomic mass is 10.0. The number of aliphatic hydroxyl groups excluding tert-OH is 2. The monoisotopic (exact) mass is 540 g/mol. The van der Waals surface area contributed by atoms with Gasteiger partial charge in [0, 0.05) is 18.6 Å². The predicted octanol–water partition coefficient (Wildman–Crippen LogP) is 3.11. The average Bonchev–Trinajstić information content (AvgIpc) is 2.84. The Hall–Kier alpha value is -0.750. The van der Waals surface area contributed by atoms with Crippen LogP contribution in [0.3, 0.4) is 0 Å². The number of nitrogens with zero attached hydrogens (tertiary/aromatic N) is 1. The zero-order valence-electron chi connectivity index (χ0n) is 21.9. The largest absolute Gasteiger partial charge is 1.00 e. The number of halogens is 1. The van der Waals surface area contributed by atoms with Gasteiger partial charge in [0.25, 0.3) is 0 Å². The van der Waals surface area contributed by atoms with Gasteiger partial charge in [-0.1, -0.05) is 95.8 Å². The van der Waals surface area contributed by atoms with Crippen LogP contribution in [0.15, 0.2) is 42.7 Å². The fourth-order valence-electron chi connectivity index (χ4n) is 4.23. The van der Waals surface area contributed by atoms with Gasteiger partial charge in [0.15, 0.2) is 12.4 Å². The van der Waals surface area contributed by atoms with Gasteiger partial charge in [-0.15, -0.1) is 0 Å². The summed E-state index contributed by atoms with van der Waals surface area (Å²) in [7, 11) is 0. The first-order chi connectivity index (χ1) is 16.3. The molecule has 0 spiro atoms. The summed E-state index contributed by atoms with van der Waals surface area (Å²) in [5, 5.41) is 23.3. The van der Waals surface area contributed by atoms with E-state index in [0.29, 0.717) is 0 Å². The fourth-order valence-corrected chi connectivity index (χ4v) is 4.23. The van der Waals surface area contributed by atoms with Crippen LogP contribution in [0.4, 0.5) is 0 Å². The Morgan fingerprint density at radius 1 is 0.765 bits per heavy atom. The summed E-state index contributed by atoms with van der Waals surface area (Å²) in [5.74, 6) is 0. The molecule has 3 N–H and O–H groups in total. The molecule has 0 unspecified atom stereocenters. The SMILES string of the molecule is CCCCCCCCCCCCC/C=C/[C@H](O)[C@H](CO)NCCCCCC[n+]1ccccc1.[Br-]. The summed E-state index contributed by atoms with van der Waals surface area (Å²) >= 11 is 0. The highest BCUT2D eigenvalue weighted by molar-refractivity contribution is 4.94. The number of aryl methyl sites for hydroxylation is 1. The molecule has 34 heavy (non-hydrogen) atoms. The minimum absolute atomic E-state index is 0. The Labute approximate surface area is 221 Å². The van der Waals surface area contributed by atoms with Crippen LogP contribution in [-0.2, 0) is 6.54 Å². The molecule has 0 saturated heterocycles. The zero-order valence-corrected chi connectivity index (χ0v) is 23.4. The van der Waals surface area contributed by atoms with Crippen molar-refractivity contribution < 1.29 is 31.8 Å². The van der Waals surface area contributed by atoms with Gasteiger partial charge in [-0.2, -0.15) is 0 Å². The van der Waals surface area contributed by atoms with Crippen LogP contribution in [0.1, 0.15) is 110 Å². The number of unbranched alkanes of at least 4 members (excludes halogenated alkanes) is 14. The average molecular weight is 542 g/mol. The van der Waals surface area contributed by atoms with E-state index in [2.05, 4.69) is 47.4 Å². The maximum atomic E-state index is 10.3. The molecule has 0 aromatic carbocycles. The Bertz CT molecular complexity index is 556. The van der Waals surface area contributed by atoms with Gasteiger partial charge in [0.1, 0.15) is 6.54 Å². The lowest BCUT2D eigenvalue weighted by Gasteiger charge is -2.19. The van der Waals surface area contributed by atoms with E-state index in [4.69, 9.17) is 0 Å². The summed E-state index contributed by atoms with van der Waals surface area (Å²) in [6.07, 6.45) is 28.1. The summed E-state index contributed by atoms with van der Waals surface area (Å²) in [4.78, 5) is 0. The van der Waals surface area contributed by atoms with E-state index in [1.165, 1.54) is 89.9 Å². The van der Waals surface area contributed by atoms with Gasteiger partial charge >= 0.3 is 0 Å². The molecular formula is C29H53BrN2O2. The third kappa shape index (κ3) is 19.5. The number of nitrogens with one attached hydrogen (secondary N) is 1. The summed E-state index contributed by atoms with van der Waals surface area (Å²) in [6, 6.07) is 5.91. The molecule has 4 nitrogen and oxygen atoms in total. The number of aromatic nitrogens is 1. The maximum Gasteiger partial charge on any atom is 0.168 e. The van der Waals surface area contributed by atoms with Crippen LogP contribution in [0, 0.1) is 0 Å². The molecule has 0 aliphatic carbocycles. The highest BCUT2D eigenvalue weighted by atomic mass is 79.9. The Morgan fingerprint density at radius 2 is 1.32 bits per heavy atom. The second kappa shape index (κ2) is 25.3. The molecule has 5 heteroatoms. The predicted molar refractivity (Wildman–Crippen MR) is 140 cm³/mol. The number of aliphatic hydroxyl groups is 2. The van der Waals surface area contributed by atoms with Crippen LogP contribution in [0.2, 0.25) is 0 Å². The zero-order chi connectivity index (χ0) is 23.8. The van der Waals surface area contributed by atoms with Gasteiger partial charge in [0.2, 0.25) is 0 Å². The van der Waals surface area contributed by atoms with Crippen LogP contribution < -0.4 is 26.9 Å². The smallest absolute Gasteiger partial charge is 0.168 e. The van der Waals surface area contributed by atoms with Gasteiger partial charge in [-0.25, -0.2) is 4.57 Å². The number of pyridine rings is 1. The molecular weight excluding hydrogens is 488 g/mol. The first-order valence-corrected chi connectivity index (χ1v) is 13.9. The molecule has 1 aromatic rings. The molecule has 1 aromatic heterocycles. The maximum absolute atomic E-state index is 10.3. The highest BCUT2D eigenvalue weighted by Gasteiger charge is 2.14. The third-order valence-corrected chi connectivity index (χ3v) is 6.44. The van der Waals surface area contributed by atoms with Crippen molar-refractivity contribution in [1.82, 2.24) is 5.32 Å². The molecule has 0 fully saturated rings. The lowest BCUT2D eigenvalue weighted by molar-refractivity contribution is -0.697. The second-order valence-corrected chi connectivity index (χ2v) is 9.51. The molecule has 0 saturated carbocycles. The first-order valence-electron chi connectivity index (χ1n) is 13.9. The molecule has 1 heterocycles. The van der Waals surface area contributed by atoms with E-state index in [9.17, 15) is 10.2 Å². The highest BCUT2D eigenvalue weighted by Crippen LogP contribution is 2.12. The Kier molecular flexibility index (Phi) is 24.8. The number of hydrogen-bond acceptors (Lipinski definition) is 3. The van der Waals surface area contributed by atoms with Crippen molar-refractivity contribution in [3.63, 3.8) is 0 Å². The summed E-state index contributed by atoms with van der Waals surface area (Å²) in [6.45, 7) is 4.15. The van der Waals surface area contributed by atoms with Gasteiger partial charge in [-0.3, -0.25) is 0 Å². The molecule has 0 amide bonds. The van der Waals surface area contributed by atoms with Gasteiger partial charge in [-0.05, 0) is 32.2 Å². The van der Waals surface area contributed by atoms with Crippen molar-refractivity contribution >= 4 is 0 Å². The van der Waals surface area contributed by atoms with E-state index in [0.717, 1.165) is 25.9 Å². The van der Waals surface area contributed by atoms with E-state index in [-0.39, 0.29) is 29.6 Å². The van der Waals surface area contributed by atoms with Crippen molar-refractivity contribution in [2.24, 2.45) is 0 Å². The molecule has 198 valence electrons. The summed E-state index contributed by atoms with van der Waals surface area (Å²) < 4.78 is 2.22. The first kappa shape index (κ1) is 33.2.